The molecule has 1 fully saturated rings. The largest absolute Gasteiger partial charge is 0.478 e. The number of benzene rings is 2. The Labute approximate surface area is 172 Å². The van der Waals surface area contributed by atoms with Crippen LogP contribution in [0.1, 0.15) is 38.2 Å². The van der Waals surface area contributed by atoms with Gasteiger partial charge in [0.25, 0.3) is 5.91 Å². The minimum absolute atomic E-state index is 0.00188. The van der Waals surface area contributed by atoms with Gasteiger partial charge in [-0.2, -0.15) is 0 Å². The number of rotatable bonds is 10. The molecule has 2 atom stereocenters. The highest BCUT2D eigenvalue weighted by Crippen LogP contribution is 2.33. The fraction of sp³-hybridized carbons (Fsp3) is 0.435. The molecule has 1 amide bonds. The minimum Gasteiger partial charge on any atom is -0.478 e. The van der Waals surface area contributed by atoms with Crippen LogP contribution in [0.2, 0.25) is 5.02 Å². The predicted octanol–water partition coefficient (Wildman–Crippen LogP) is 4.98. The maximum atomic E-state index is 12.9. The Morgan fingerprint density at radius 3 is 2.54 bits per heavy atom. The molecule has 5 heteroatoms. The molecule has 0 saturated carbocycles. The number of amides is 1. The van der Waals surface area contributed by atoms with E-state index in [0.717, 1.165) is 24.2 Å². The molecule has 4 nitrogen and oxygen atoms in total. The van der Waals surface area contributed by atoms with Crippen LogP contribution in [0.25, 0.3) is 0 Å². The lowest BCUT2D eigenvalue weighted by Gasteiger charge is -2.47. The smallest absolute Gasteiger partial charge is 0.270 e. The highest BCUT2D eigenvalue weighted by molar-refractivity contribution is 6.30. The van der Waals surface area contributed by atoms with Gasteiger partial charge in [-0.3, -0.25) is 4.79 Å². The van der Waals surface area contributed by atoms with Gasteiger partial charge in [0.2, 0.25) is 0 Å². The van der Waals surface area contributed by atoms with Crippen LogP contribution in [0.4, 0.5) is 5.69 Å². The Kier molecular flexibility index (Phi) is 7.35. The molecule has 2 aromatic rings. The van der Waals surface area contributed by atoms with E-state index in [1.54, 1.807) is 24.3 Å². The number of carbonyl (C=O) groups is 1. The molecule has 0 radical (unpaired) electrons. The molecule has 3 rings (SSSR count). The number of β-lactam (4-membered cyclic amide) rings is 1. The average molecular weight is 401 g/mol. The first-order valence-corrected chi connectivity index (χ1v) is 10.5. The van der Waals surface area contributed by atoms with Gasteiger partial charge in [-0.25, -0.2) is 0 Å². The number of hydrogen-bond acceptors (Lipinski definition) is 3. The molecule has 0 aromatic heterocycles. The van der Waals surface area contributed by atoms with E-state index >= 15 is 0 Å². The second-order valence-electron chi connectivity index (χ2n) is 7.32. The summed E-state index contributed by atoms with van der Waals surface area (Å²) in [6.45, 7) is 5.92. The third-order valence-corrected chi connectivity index (χ3v) is 5.43. The molecule has 1 N–H and O–H groups in total. The standard InChI is InChI=1S/C23H29ClN2O2/c1-3-4-5-8-15-25-16-21-22(28-19-13-11-18(24)12-14-19)23(27)26(21)20-10-7-6-9-17(20)2/h6-7,9-14,21-22,25H,3-5,8,15-16H2,1-2H3/t21-,22-/m0/s1. The molecule has 2 aromatic carbocycles. The fourth-order valence-electron chi connectivity index (χ4n) is 3.56. The van der Waals surface area contributed by atoms with E-state index in [0.29, 0.717) is 17.3 Å². The van der Waals surface area contributed by atoms with Gasteiger partial charge in [-0.1, -0.05) is 56.0 Å². The van der Waals surface area contributed by atoms with E-state index in [9.17, 15) is 4.79 Å². The van der Waals surface area contributed by atoms with Crippen LogP contribution in [-0.4, -0.2) is 31.1 Å². The molecule has 1 saturated heterocycles. The van der Waals surface area contributed by atoms with Crippen molar-refractivity contribution in [3.8, 4) is 5.75 Å². The molecular formula is C23H29ClN2O2. The van der Waals surface area contributed by atoms with E-state index in [1.807, 2.05) is 36.1 Å². The van der Waals surface area contributed by atoms with Crippen LogP contribution in [-0.2, 0) is 4.79 Å². The third-order valence-electron chi connectivity index (χ3n) is 5.17. The van der Waals surface area contributed by atoms with Crippen LogP contribution >= 0.6 is 11.6 Å². The zero-order valence-electron chi connectivity index (χ0n) is 16.7. The van der Waals surface area contributed by atoms with Gasteiger partial charge >= 0.3 is 0 Å². The monoisotopic (exact) mass is 400 g/mol. The second kappa shape index (κ2) is 9.94. The van der Waals surface area contributed by atoms with Gasteiger partial charge in [-0.15, -0.1) is 0 Å². The van der Waals surface area contributed by atoms with Crippen LogP contribution in [0.15, 0.2) is 48.5 Å². The zero-order chi connectivity index (χ0) is 19.9. The van der Waals surface area contributed by atoms with Gasteiger partial charge in [0.15, 0.2) is 6.10 Å². The van der Waals surface area contributed by atoms with Gasteiger partial charge in [0.1, 0.15) is 5.75 Å². The van der Waals surface area contributed by atoms with Crippen molar-refractivity contribution in [3.05, 3.63) is 59.1 Å². The van der Waals surface area contributed by atoms with Crippen molar-refractivity contribution < 1.29 is 9.53 Å². The van der Waals surface area contributed by atoms with Crippen molar-refractivity contribution in [3.63, 3.8) is 0 Å². The quantitative estimate of drug-likeness (QED) is 0.451. The number of aryl methyl sites for hydroxylation is 1. The third kappa shape index (κ3) is 4.86. The van der Waals surface area contributed by atoms with Crippen molar-refractivity contribution in [2.45, 2.75) is 51.7 Å². The first-order valence-electron chi connectivity index (χ1n) is 10.1. The van der Waals surface area contributed by atoms with Gasteiger partial charge in [0.05, 0.1) is 6.04 Å². The fourth-order valence-corrected chi connectivity index (χ4v) is 3.69. The van der Waals surface area contributed by atoms with Crippen LogP contribution in [0.5, 0.6) is 5.75 Å². The maximum absolute atomic E-state index is 12.9. The Hall–Kier alpha value is -2.04. The molecule has 0 aliphatic carbocycles. The number of halogens is 1. The van der Waals surface area contributed by atoms with Crippen LogP contribution in [0, 0.1) is 6.92 Å². The summed E-state index contributed by atoms with van der Waals surface area (Å²) in [6.07, 6.45) is 4.40. The summed E-state index contributed by atoms with van der Waals surface area (Å²) in [5, 5.41) is 4.17. The molecule has 0 unspecified atom stereocenters. The van der Waals surface area contributed by atoms with Crippen molar-refractivity contribution in [1.29, 1.82) is 0 Å². The minimum atomic E-state index is -0.482. The summed E-state index contributed by atoms with van der Waals surface area (Å²) < 4.78 is 6.03. The summed E-state index contributed by atoms with van der Waals surface area (Å²) in [5.41, 5.74) is 2.05. The molecule has 0 bridgehead atoms. The molecule has 150 valence electrons. The Balaban J connectivity index is 1.68. The summed E-state index contributed by atoms with van der Waals surface area (Å²) >= 11 is 5.95. The van der Waals surface area contributed by atoms with Gasteiger partial charge in [0, 0.05) is 17.3 Å². The molecule has 1 aliphatic rings. The van der Waals surface area contributed by atoms with Crippen LogP contribution in [0.3, 0.4) is 0 Å². The number of nitrogens with one attached hydrogen (secondary N) is 1. The van der Waals surface area contributed by atoms with Gasteiger partial charge in [-0.05, 0) is 55.8 Å². The van der Waals surface area contributed by atoms with E-state index in [2.05, 4.69) is 12.2 Å². The number of hydrogen-bond donors (Lipinski definition) is 1. The number of nitrogens with zero attached hydrogens (tertiary/aromatic N) is 1. The van der Waals surface area contributed by atoms with E-state index in [4.69, 9.17) is 16.3 Å². The van der Waals surface area contributed by atoms with Crippen molar-refractivity contribution >= 4 is 23.2 Å². The lowest BCUT2D eigenvalue weighted by molar-refractivity contribution is -0.134. The predicted molar refractivity (Wildman–Crippen MR) is 115 cm³/mol. The Morgan fingerprint density at radius 1 is 1.07 bits per heavy atom. The van der Waals surface area contributed by atoms with E-state index in [1.165, 1.54) is 19.3 Å². The number of ether oxygens (including phenoxy) is 1. The molecular weight excluding hydrogens is 372 g/mol. The van der Waals surface area contributed by atoms with E-state index < -0.39 is 6.10 Å². The Bertz CT molecular complexity index is 778. The summed E-state index contributed by atoms with van der Waals surface area (Å²) in [7, 11) is 0. The maximum Gasteiger partial charge on any atom is 0.270 e. The summed E-state index contributed by atoms with van der Waals surface area (Å²) in [5.74, 6) is 0.669. The number of para-hydroxylation sites is 1. The summed E-state index contributed by atoms with van der Waals surface area (Å²) in [4.78, 5) is 14.8. The normalized spacial score (nSPS) is 18.8. The Morgan fingerprint density at radius 2 is 1.82 bits per heavy atom. The van der Waals surface area contributed by atoms with Crippen molar-refractivity contribution in [2.24, 2.45) is 0 Å². The first-order chi connectivity index (χ1) is 13.6. The van der Waals surface area contributed by atoms with Crippen molar-refractivity contribution in [1.82, 2.24) is 5.32 Å². The summed E-state index contributed by atoms with van der Waals surface area (Å²) in [6, 6.07) is 15.1. The highest BCUT2D eigenvalue weighted by atomic mass is 35.5. The number of anilines is 1. The lowest BCUT2D eigenvalue weighted by atomic mass is 9.95. The first kappa shape index (κ1) is 20.7. The molecule has 1 heterocycles. The SMILES string of the molecule is CCCCCCNC[C@H]1[C@H](Oc2ccc(Cl)cc2)C(=O)N1c1ccccc1C. The number of carbonyl (C=O) groups excluding carboxylic acids is 1. The number of unbranched alkanes of at least 4 members (excludes halogenated alkanes) is 3. The molecule has 28 heavy (non-hydrogen) atoms. The highest BCUT2D eigenvalue weighted by Gasteiger charge is 2.50. The topological polar surface area (TPSA) is 41.6 Å². The van der Waals surface area contributed by atoms with Crippen molar-refractivity contribution in [2.75, 3.05) is 18.0 Å². The second-order valence-corrected chi connectivity index (χ2v) is 7.76. The van der Waals surface area contributed by atoms with Crippen LogP contribution < -0.4 is 15.0 Å². The zero-order valence-corrected chi connectivity index (χ0v) is 17.4. The molecule has 1 aliphatic heterocycles. The average Bonchev–Trinajstić information content (AvgIpc) is 2.70. The van der Waals surface area contributed by atoms with Gasteiger partial charge < -0.3 is 15.0 Å². The lowest BCUT2D eigenvalue weighted by Crippen LogP contribution is -2.70. The molecule has 0 spiro atoms. The van der Waals surface area contributed by atoms with E-state index in [-0.39, 0.29) is 11.9 Å².